The average molecular weight is 372 g/mol. The number of nitrogens with zero attached hydrogens (tertiary/aromatic N) is 1. The van der Waals surface area contributed by atoms with Gasteiger partial charge in [-0.25, -0.2) is 8.51 Å². The van der Waals surface area contributed by atoms with Crippen LogP contribution in [0.4, 0.5) is 0 Å². The van der Waals surface area contributed by atoms with Crippen LogP contribution in [0.3, 0.4) is 0 Å². The van der Waals surface area contributed by atoms with E-state index < -0.39 is 17.1 Å². The maximum absolute atomic E-state index is 13.0. The standard InChI is InChI=1S/C20H24N2O3S/c1-13-18(19-15(21-13)8-6-9-16(19)23)20(24)14-7-2-3-10-17(14)26(25)22-11-4-5-12-22/h2-3,7,10,20-21,24H,4-6,8-9,11-12H2,1H3. The fourth-order valence-electron chi connectivity index (χ4n) is 4.12. The summed E-state index contributed by atoms with van der Waals surface area (Å²) < 4.78 is 15.0. The number of aromatic nitrogens is 1. The van der Waals surface area contributed by atoms with Crippen molar-refractivity contribution in [2.45, 2.75) is 50.0 Å². The third-order valence-corrected chi connectivity index (χ3v) is 6.98. The number of aryl methyl sites for hydroxylation is 2. The van der Waals surface area contributed by atoms with Crippen molar-refractivity contribution in [1.29, 1.82) is 0 Å². The van der Waals surface area contributed by atoms with Gasteiger partial charge in [0.1, 0.15) is 17.1 Å². The third kappa shape index (κ3) is 2.96. The molecule has 2 aliphatic rings. The van der Waals surface area contributed by atoms with Crippen LogP contribution in [-0.2, 0) is 17.4 Å². The van der Waals surface area contributed by atoms with Gasteiger partial charge in [0.05, 0.1) is 4.90 Å². The summed E-state index contributed by atoms with van der Waals surface area (Å²) in [4.78, 5) is 16.4. The van der Waals surface area contributed by atoms with Crippen LogP contribution in [0.2, 0.25) is 0 Å². The number of benzene rings is 1. The molecular weight excluding hydrogens is 348 g/mol. The molecule has 6 heteroatoms. The number of rotatable bonds is 4. The zero-order valence-corrected chi connectivity index (χ0v) is 15.8. The van der Waals surface area contributed by atoms with Gasteiger partial charge in [0.15, 0.2) is 5.78 Å². The molecule has 2 heterocycles. The van der Waals surface area contributed by atoms with Crippen molar-refractivity contribution in [3.05, 3.63) is 52.3 Å². The van der Waals surface area contributed by atoms with E-state index in [0.29, 0.717) is 28.0 Å². The van der Waals surface area contributed by atoms with Gasteiger partial charge in [0.25, 0.3) is 0 Å². The van der Waals surface area contributed by atoms with Crippen LogP contribution in [0.5, 0.6) is 0 Å². The van der Waals surface area contributed by atoms with Crippen LogP contribution in [0.15, 0.2) is 29.2 Å². The summed E-state index contributed by atoms with van der Waals surface area (Å²) in [6, 6.07) is 7.34. The van der Waals surface area contributed by atoms with Crippen LogP contribution in [0.1, 0.15) is 64.7 Å². The maximum Gasteiger partial charge on any atom is 0.165 e. The van der Waals surface area contributed by atoms with E-state index in [-0.39, 0.29) is 5.78 Å². The highest BCUT2D eigenvalue weighted by Gasteiger charge is 2.31. The number of carbonyl (C=O) groups excluding carboxylic acids is 1. The van der Waals surface area contributed by atoms with Crippen molar-refractivity contribution < 1.29 is 14.1 Å². The lowest BCUT2D eigenvalue weighted by molar-refractivity contribution is 0.0967. The molecule has 1 saturated heterocycles. The number of fused-ring (bicyclic) bond motifs is 1. The van der Waals surface area contributed by atoms with E-state index in [0.717, 1.165) is 50.2 Å². The molecule has 0 bridgehead atoms. The Morgan fingerprint density at radius 3 is 2.65 bits per heavy atom. The Kier molecular flexibility index (Phi) is 4.82. The van der Waals surface area contributed by atoms with E-state index in [1.165, 1.54) is 0 Å². The Balaban J connectivity index is 1.76. The zero-order valence-electron chi connectivity index (χ0n) is 15.0. The van der Waals surface area contributed by atoms with Gasteiger partial charge in [-0.1, -0.05) is 18.2 Å². The third-order valence-electron chi connectivity index (χ3n) is 5.40. The smallest absolute Gasteiger partial charge is 0.165 e. The van der Waals surface area contributed by atoms with Gasteiger partial charge in [0.2, 0.25) is 0 Å². The molecule has 4 rings (SSSR count). The molecule has 0 saturated carbocycles. The van der Waals surface area contributed by atoms with Crippen molar-refractivity contribution in [2.24, 2.45) is 0 Å². The number of H-pyrrole nitrogens is 1. The number of ketones is 1. The molecule has 26 heavy (non-hydrogen) atoms. The fourth-order valence-corrected chi connectivity index (χ4v) is 5.56. The molecule has 1 aromatic carbocycles. The average Bonchev–Trinajstić information content (AvgIpc) is 3.28. The molecule has 1 aromatic heterocycles. The molecule has 0 amide bonds. The number of aliphatic hydroxyl groups is 1. The summed E-state index contributed by atoms with van der Waals surface area (Å²) in [5.41, 5.74) is 3.66. The lowest BCUT2D eigenvalue weighted by Gasteiger charge is -2.21. The van der Waals surface area contributed by atoms with Crippen LogP contribution in [0.25, 0.3) is 0 Å². The number of hydrogen-bond acceptors (Lipinski definition) is 3. The highest BCUT2D eigenvalue weighted by Crippen LogP contribution is 2.36. The first-order chi connectivity index (χ1) is 12.6. The minimum Gasteiger partial charge on any atom is -0.384 e. The Morgan fingerprint density at radius 2 is 1.88 bits per heavy atom. The molecule has 1 aliphatic heterocycles. The monoisotopic (exact) mass is 372 g/mol. The van der Waals surface area contributed by atoms with Gasteiger partial charge in [-0.05, 0) is 38.7 Å². The van der Waals surface area contributed by atoms with Gasteiger partial charge >= 0.3 is 0 Å². The van der Waals surface area contributed by atoms with E-state index >= 15 is 0 Å². The molecule has 1 aliphatic carbocycles. The number of Topliss-reactive ketones (excluding diaryl/α,β-unsaturated/α-hetero) is 1. The van der Waals surface area contributed by atoms with Crippen LogP contribution >= 0.6 is 0 Å². The minimum absolute atomic E-state index is 0.0859. The predicted molar refractivity (Wildman–Crippen MR) is 101 cm³/mol. The molecule has 138 valence electrons. The summed E-state index contributed by atoms with van der Waals surface area (Å²) in [7, 11) is -1.29. The molecule has 2 unspecified atom stereocenters. The molecule has 5 nitrogen and oxygen atoms in total. The number of aromatic amines is 1. The Morgan fingerprint density at radius 1 is 1.15 bits per heavy atom. The topological polar surface area (TPSA) is 73.4 Å². The van der Waals surface area contributed by atoms with Gasteiger partial charge in [-0.2, -0.15) is 0 Å². The maximum atomic E-state index is 13.0. The Bertz CT molecular complexity index is 868. The van der Waals surface area contributed by atoms with E-state index in [1.54, 1.807) is 0 Å². The van der Waals surface area contributed by atoms with Crippen LogP contribution < -0.4 is 0 Å². The van der Waals surface area contributed by atoms with E-state index in [1.807, 2.05) is 35.5 Å². The van der Waals surface area contributed by atoms with Crippen LogP contribution in [0, 0.1) is 6.92 Å². The number of aliphatic hydroxyl groups excluding tert-OH is 1. The van der Waals surface area contributed by atoms with Crippen LogP contribution in [-0.4, -0.2) is 37.5 Å². The predicted octanol–water partition coefficient (Wildman–Crippen LogP) is 3.04. The lowest BCUT2D eigenvalue weighted by Crippen LogP contribution is -2.23. The first kappa shape index (κ1) is 17.6. The van der Waals surface area contributed by atoms with E-state index in [2.05, 4.69) is 4.98 Å². The molecule has 0 radical (unpaired) electrons. The van der Waals surface area contributed by atoms with Gasteiger partial charge in [-0.15, -0.1) is 0 Å². The van der Waals surface area contributed by atoms with Crippen molar-refractivity contribution in [1.82, 2.24) is 9.29 Å². The molecule has 2 N–H and O–H groups in total. The highest BCUT2D eigenvalue weighted by atomic mass is 32.2. The second-order valence-electron chi connectivity index (χ2n) is 7.12. The zero-order chi connectivity index (χ0) is 18.3. The van der Waals surface area contributed by atoms with Gasteiger partial charge < -0.3 is 10.1 Å². The first-order valence-electron chi connectivity index (χ1n) is 9.26. The molecular formula is C20H24N2O3S. The molecule has 1 fully saturated rings. The molecule has 2 atom stereocenters. The molecule has 2 aromatic rings. The van der Waals surface area contributed by atoms with E-state index in [9.17, 15) is 14.1 Å². The van der Waals surface area contributed by atoms with Crippen molar-refractivity contribution in [3.8, 4) is 0 Å². The van der Waals surface area contributed by atoms with Gasteiger partial charge in [0, 0.05) is 47.6 Å². The highest BCUT2D eigenvalue weighted by molar-refractivity contribution is 7.82. The summed E-state index contributed by atoms with van der Waals surface area (Å²) in [6.07, 6.45) is 3.34. The number of nitrogens with one attached hydrogen (secondary N) is 1. The number of hydrogen-bond donors (Lipinski definition) is 2. The number of carbonyl (C=O) groups is 1. The summed E-state index contributed by atoms with van der Waals surface area (Å²) >= 11 is 0. The molecule has 0 spiro atoms. The summed E-state index contributed by atoms with van der Waals surface area (Å²) in [5, 5.41) is 11.2. The lowest BCUT2D eigenvalue weighted by atomic mass is 9.89. The second kappa shape index (κ2) is 7.10. The summed E-state index contributed by atoms with van der Waals surface area (Å²) in [5.74, 6) is 0.0859. The summed E-state index contributed by atoms with van der Waals surface area (Å²) in [6.45, 7) is 3.52. The van der Waals surface area contributed by atoms with E-state index in [4.69, 9.17) is 0 Å². The fraction of sp³-hybridized carbons (Fsp3) is 0.450. The first-order valence-corrected chi connectivity index (χ1v) is 10.4. The largest absolute Gasteiger partial charge is 0.384 e. The van der Waals surface area contributed by atoms with Crippen molar-refractivity contribution in [3.63, 3.8) is 0 Å². The SMILES string of the molecule is Cc1[nH]c2c(c1C(O)c1ccccc1S(=O)N1CCCC1)C(=O)CCC2. The minimum atomic E-state index is -1.29. The quantitative estimate of drug-likeness (QED) is 0.866. The van der Waals surface area contributed by atoms with Crippen molar-refractivity contribution in [2.75, 3.05) is 13.1 Å². The van der Waals surface area contributed by atoms with Gasteiger partial charge in [-0.3, -0.25) is 4.79 Å². The Labute approximate surface area is 156 Å². The van der Waals surface area contributed by atoms with Crippen molar-refractivity contribution >= 4 is 16.8 Å². The normalized spacial score (nSPS) is 20.2. The Hall–Kier alpha value is -1.76. The second-order valence-corrected chi connectivity index (χ2v) is 8.57.